The number of rotatable bonds is 6. The third-order valence-corrected chi connectivity index (χ3v) is 7.02. The van der Waals surface area contributed by atoms with E-state index >= 15 is 0 Å². The molecule has 15 nitrogen and oxygen atoms in total. The molecule has 0 saturated carbocycles. The normalized spacial score (nSPS) is 13.7. The summed E-state index contributed by atoms with van der Waals surface area (Å²) in [5.74, 6) is -2.51. The molecule has 0 aromatic heterocycles. The summed E-state index contributed by atoms with van der Waals surface area (Å²) in [4.78, 5) is 47.5. The van der Waals surface area contributed by atoms with Gasteiger partial charge in [0.25, 0.3) is 32.1 Å². The van der Waals surface area contributed by atoms with Crippen LogP contribution in [0, 0.1) is 0 Å². The van der Waals surface area contributed by atoms with Gasteiger partial charge in [0.2, 0.25) is 0 Å². The van der Waals surface area contributed by atoms with Gasteiger partial charge in [-0.05, 0) is 29.8 Å². The number of aldehydes is 1. The summed E-state index contributed by atoms with van der Waals surface area (Å²) in [7, 11) is -10.0. The standard InChI is InChI=1S/C21H15N5O10S2/c22-18-13-5-12(37(31,32)33)6-14-17(13)15(7-16(18)38(34,35)36)20(29)26(19(14)28)25-21(30)24-23-8-10-2-1-3-11(4-10)9-27/h1-9H,22H2,(H2,24,25,30)(H,31,32,33)(H,34,35,36)/b23-8+. The van der Waals surface area contributed by atoms with Crippen LogP contribution in [0.2, 0.25) is 0 Å². The van der Waals surface area contributed by atoms with Crippen LogP contribution < -0.4 is 16.6 Å². The molecular formula is C21H15N5O10S2. The van der Waals surface area contributed by atoms with Gasteiger partial charge in [-0.25, -0.2) is 15.6 Å². The first-order valence-corrected chi connectivity index (χ1v) is 13.0. The summed E-state index contributed by atoms with van der Waals surface area (Å²) in [6.07, 6.45) is 1.75. The van der Waals surface area contributed by atoms with Crippen LogP contribution in [0.3, 0.4) is 0 Å². The summed E-state index contributed by atoms with van der Waals surface area (Å²) in [5, 5.41) is 3.06. The van der Waals surface area contributed by atoms with Gasteiger partial charge in [0.15, 0.2) is 0 Å². The molecule has 0 spiro atoms. The highest BCUT2D eigenvalue weighted by molar-refractivity contribution is 7.86. The summed E-state index contributed by atoms with van der Waals surface area (Å²) >= 11 is 0. The van der Waals surface area contributed by atoms with E-state index in [9.17, 15) is 45.1 Å². The molecule has 3 aromatic carbocycles. The van der Waals surface area contributed by atoms with Gasteiger partial charge in [0, 0.05) is 16.3 Å². The number of hydrazine groups is 1. The van der Waals surface area contributed by atoms with Crippen molar-refractivity contribution in [3.05, 3.63) is 64.7 Å². The number of nitrogens with one attached hydrogen (secondary N) is 2. The number of anilines is 1. The lowest BCUT2D eigenvalue weighted by Crippen LogP contribution is -2.53. The van der Waals surface area contributed by atoms with Crippen LogP contribution in [0.15, 0.2) is 57.4 Å². The Labute approximate surface area is 213 Å². The average Bonchev–Trinajstić information content (AvgIpc) is 2.84. The Morgan fingerprint density at radius 2 is 1.58 bits per heavy atom. The Bertz CT molecular complexity index is 1800. The fourth-order valence-corrected chi connectivity index (χ4v) is 4.86. The molecule has 38 heavy (non-hydrogen) atoms. The number of hydrogen-bond donors (Lipinski definition) is 5. The molecule has 0 atom stereocenters. The highest BCUT2D eigenvalue weighted by Gasteiger charge is 2.37. The maximum absolute atomic E-state index is 13.1. The van der Waals surface area contributed by atoms with E-state index in [-0.39, 0.29) is 10.4 Å². The average molecular weight is 562 g/mol. The molecular weight excluding hydrogens is 546 g/mol. The lowest BCUT2D eigenvalue weighted by Gasteiger charge is -2.28. The van der Waals surface area contributed by atoms with Crippen LogP contribution in [0.25, 0.3) is 10.8 Å². The van der Waals surface area contributed by atoms with Crippen molar-refractivity contribution in [3.63, 3.8) is 0 Å². The molecule has 1 aliphatic rings. The minimum Gasteiger partial charge on any atom is -0.397 e. The second-order valence-corrected chi connectivity index (χ2v) is 10.5. The molecule has 0 aliphatic carbocycles. The molecule has 1 aliphatic heterocycles. The Morgan fingerprint density at radius 3 is 2.18 bits per heavy atom. The van der Waals surface area contributed by atoms with E-state index in [0.29, 0.717) is 29.5 Å². The van der Waals surface area contributed by atoms with Gasteiger partial charge in [0.05, 0.1) is 27.9 Å². The first-order chi connectivity index (χ1) is 17.7. The van der Waals surface area contributed by atoms with Crippen molar-refractivity contribution in [2.75, 3.05) is 5.73 Å². The molecule has 1 heterocycles. The number of amides is 4. The summed E-state index contributed by atoms with van der Waals surface area (Å²) in [6, 6.07) is 6.98. The van der Waals surface area contributed by atoms with Crippen molar-refractivity contribution in [1.82, 2.24) is 15.9 Å². The first kappa shape index (κ1) is 26.4. The zero-order valence-corrected chi connectivity index (χ0v) is 20.3. The molecule has 3 aromatic rings. The molecule has 6 N–H and O–H groups in total. The van der Waals surface area contributed by atoms with Crippen molar-refractivity contribution in [2.24, 2.45) is 5.10 Å². The Morgan fingerprint density at radius 1 is 0.947 bits per heavy atom. The Balaban J connectivity index is 1.74. The van der Waals surface area contributed by atoms with Crippen molar-refractivity contribution in [2.45, 2.75) is 9.79 Å². The van der Waals surface area contributed by atoms with Crippen molar-refractivity contribution in [1.29, 1.82) is 0 Å². The lowest BCUT2D eigenvalue weighted by molar-refractivity contribution is 0.0541. The van der Waals surface area contributed by atoms with Crippen LogP contribution in [0.1, 0.15) is 36.6 Å². The topological polar surface area (TPSA) is 243 Å². The summed E-state index contributed by atoms with van der Waals surface area (Å²) in [6.45, 7) is 0. The highest BCUT2D eigenvalue weighted by atomic mass is 32.2. The van der Waals surface area contributed by atoms with Crippen molar-refractivity contribution >= 4 is 67.0 Å². The summed E-state index contributed by atoms with van der Waals surface area (Å²) < 4.78 is 66.4. The third-order valence-electron chi connectivity index (χ3n) is 5.29. The third kappa shape index (κ3) is 4.81. The number of urea groups is 1. The minimum atomic E-state index is -5.05. The molecule has 0 radical (unpaired) electrons. The number of nitrogens with zero attached hydrogens (tertiary/aromatic N) is 2. The van der Waals surface area contributed by atoms with Crippen LogP contribution in [0.5, 0.6) is 0 Å². The maximum Gasteiger partial charge on any atom is 0.354 e. The lowest BCUT2D eigenvalue weighted by atomic mass is 9.93. The Hall–Kier alpha value is -4.71. The molecule has 4 amide bonds. The van der Waals surface area contributed by atoms with E-state index in [2.05, 4.69) is 5.10 Å². The first-order valence-electron chi connectivity index (χ1n) is 10.1. The second-order valence-electron chi connectivity index (χ2n) is 7.72. The number of imide groups is 1. The molecule has 196 valence electrons. The van der Waals surface area contributed by atoms with Crippen LogP contribution >= 0.6 is 0 Å². The van der Waals surface area contributed by atoms with Crippen LogP contribution in [-0.4, -0.2) is 61.3 Å². The fraction of sp³-hybridized carbons (Fsp3) is 0. The van der Waals surface area contributed by atoms with E-state index in [1.165, 1.54) is 12.1 Å². The largest absolute Gasteiger partial charge is 0.397 e. The minimum absolute atomic E-state index is 0.146. The zero-order chi connectivity index (χ0) is 28.0. The fourth-order valence-electron chi connectivity index (χ4n) is 3.67. The van der Waals surface area contributed by atoms with Crippen LogP contribution in [0.4, 0.5) is 10.5 Å². The number of benzene rings is 3. The quantitative estimate of drug-likeness (QED) is 0.0695. The van der Waals surface area contributed by atoms with Crippen molar-refractivity contribution < 1.29 is 45.1 Å². The zero-order valence-electron chi connectivity index (χ0n) is 18.6. The molecule has 4 rings (SSSR count). The predicted molar refractivity (Wildman–Crippen MR) is 130 cm³/mol. The number of carbonyl (C=O) groups is 4. The SMILES string of the molecule is Nc1c(S(=O)(=O)O)cc2c3c(cc(S(=O)(=O)O)cc13)C(=O)N(NC(=O)N/N=C/c1cccc(C=O)c1)C2=O. The molecule has 0 fully saturated rings. The van der Waals surface area contributed by atoms with E-state index in [0.717, 1.165) is 12.3 Å². The van der Waals surface area contributed by atoms with Gasteiger partial charge in [-0.1, -0.05) is 18.2 Å². The van der Waals surface area contributed by atoms with Gasteiger partial charge in [-0.3, -0.25) is 23.5 Å². The van der Waals surface area contributed by atoms with Gasteiger partial charge in [0.1, 0.15) is 11.2 Å². The van der Waals surface area contributed by atoms with E-state index in [1.54, 1.807) is 12.1 Å². The molecule has 0 unspecified atom stereocenters. The van der Waals surface area contributed by atoms with E-state index < -0.39 is 70.1 Å². The van der Waals surface area contributed by atoms with Crippen molar-refractivity contribution in [3.8, 4) is 0 Å². The Kier molecular flexibility index (Phi) is 6.45. The monoisotopic (exact) mass is 561 g/mol. The van der Waals surface area contributed by atoms with Gasteiger partial charge >= 0.3 is 6.03 Å². The maximum atomic E-state index is 13.1. The van der Waals surface area contributed by atoms with E-state index in [4.69, 9.17) is 5.73 Å². The number of nitrogens with two attached hydrogens (primary N) is 1. The number of carbonyl (C=O) groups excluding carboxylic acids is 4. The molecule has 0 saturated heterocycles. The smallest absolute Gasteiger partial charge is 0.354 e. The van der Waals surface area contributed by atoms with Crippen LogP contribution in [-0.2, 0) is 20.2 Å². The summed E-state index contributed by atoms with van der Waals surface area (Å²) in [5.41, 5.74) is 8.68. The number of hydrogen-bond acceptors (Lipinski definition) is 10. The molecule has 0 bridgehead atoms. The number of nitrogen functional groups attached to an aromatic ring is 1. The van der Waals surface area contributed by atoms with E-state index in [1.807, 2.05) is 10.9 Å². The van der Waals surface area contributed by atoms with Gasteiger partial charge in [-0.2, -0.15) is 26.9 Å². The van der Waals surface area contributed by atoms with Gasteiger partial charge < -0.3 is 5.73 Å². The van der Waals surface area contributed by atoms with Gasteiger partial charge in [-0.15, -0.1) is 0 Å². The predicted octanol–water partition coefficient (Wildman–Crippen LogP) is 0.572. The number of hydrazone groups is 1. The molecule has 17 heteroatoms. The second kappa shape index (κ2) is 9.30. The highest BCUT2D eigenvalue weighted by Crippen LogP contribution is 2.38.